The Kier molecular flexibility index (Phi) is 7.03. The zero-order valence-electron chi connectivity index (χ0n) is 13.8. The zero-order valence-corrected chi connectivity index (χ0v) is 15.4. The lowest BCUT2D eigenvalue weighted by molar-refractivity contribution is -0.142. The lowest BCUT2D eigenvalue weighted by atomic mass is 10.2. The molecule has 2 rings (SSSR count). The predicted octanol–water partition coefficient (Wildman–Crippen LogP) is 3.45. The van der Waals surface area contributed by atoms with Crippen molar-refractivity contribution in [3.05, 3.63) is 33.8 Å². The van der Waals surface area contributed by atoms with Crippen molar-refractivity contribution in [3.63, 3.8) is 0 Å². The molecular formula is C16H18ClN3O4S. The first kappa shape index (κ1) is 19.0. The van der Waals surface area contributed by atoms with Gasteiger partial charge >= 0.3 is 5.97 Å². The number of nitrogens with zero attached hydrogens (tertiary/aromatic N) is 2. The smallest absolute Gasteiger partial charge is 0.311 e. The largest absolute Gasteiger partial charge is 0.504 e. The van der Waals surface area contributed by atoms with E-state index in [0.717, 1.165) is 0 Å². The summed E-state index contributed by atoms with van der Waals surface area (Å²) in [7, 11) is 0. The monoisotopic (exact) mass is 383 g/mol. The van der Waals surface area contributed by atoms with Crippen LogP contribution in [0.1, 0.15) is 25.1 Å². The molecule has 2 N–H and O–H groups in total. The molecule has 0 bridgehead atoms. The number of hydrazone groups is 1. The molecule has 0 saturated heterocycles. The number of carbonyl (C=O) groups is 1. The van der Waals surface area contributed by atoms with E-state index >= 15 is 0 Å². The number of aromatic hydroxyl groups is 1. The molecule has 1 heterocycles. The van der Waals surface area contributed by atoms with E-state index in [4.69, 9.17) is 21.1 Å². The average Bonchev–Trinajstić information content (AvgIpc) is 2.99. The van der Waals surface area contributed by atoms with Crippen LogP contribution >= 0.6 is 22.9 Å². The van der Waals surface area contributed by atoms with Crippen LogP contribution in [0.5, 0.6) is 11.5 Å². The Balaban J connectivity index is 2.00. The third-order valence-corrected chi connectivity index (χ3v) is 4.05. The van der Waals surface area contributed by atoms with Crippen molar-refractivity contribution in [2.24, 2.45) is 5.10 Å². The topological polar surface area (TPSA) is 93.0 Å². The summed E-state index contributed by atoms with van der Waals surface area (Å²) in [4.78, 5) is 15.7. The number of anilines is 1. The van der Waals surface area contributed by atoms with Gasteiger partial charge in [0.25, 0.3) is 0 Å². The predicted molar refractivity (Wildman–Crippen MR) is 98.0 cm³/mol. The van der Waals surface area contributed by atoms with Gasteiger partial charge in [-0.1, -0.05) is 11.6 Å². The summed E-state index contributed by atoms with van der Waals surface area (Å²) < 4.78 is 10.2. The SMILES string of the molecule is CCOC(=O)Cc1csc(NN=Cc2cc(OCC)c(O)cc2Cl)n1. The van der Waals surface area contributed by atoms with Gasteiger partial charge in [0, 0.05) is 17.0 Å². The molecule has 0 fully saturated rings. The van der Waals surface area contributed by atoms with Gasteiger partial charge in [0.2, 0.25) is 5.13 Å². The Morgan fingerprint density at radius 2 is 2.24 bits per heavy atom. The van der Waals surface area contributed by atoms with Crippen LogP contribution in [0.15, 0.2) is 22.6 Å². The van der Waals surface area contributed by atoms with Crippen LogP contribution in [-0.4, -0.2) is 35.5 Å². The van der Waals surface area contributed by atoms with Crippen LogP contribution < -0.4 is 10.2 Å². The quantitative estimate of drug-likeness (QED) is 0.412. The molecule has 0 saturated carbocycles. The number of rotatable bonds is 8. The molecule has 0 spiro atoms. The van der Waals surface area contributed by atoms with Crippen molar-refractivity contribution in [1.29, 1.82) is 0 Å². The number of benzene rings is 1. The van der Waals surface area contributed by atoms with Crippen LogP contribution in [0.25, 0.3) is 0 Å². The molecule has 1 aromatic heterocycles. The van der Waals surface area contributed by atoms with Gasteiger partial charge < -0.3 is 14.6 Å². The number of phenolic OH excluding ortho intramolecular Hbond substituents is 1. The highest BCUT2D eigenvalue weighted by Gasteiger charge is 2.09. The van der Waals surface area contributed by atoms with Gasteiger partial charge in [0.15, 0.2) is 11.5 Å². The Morgan fingerprint density at radius 3 is 2.96 bits per heavy atom. The minimum Gasteiger partial charge on any atom is -0.504 e. The molecule has 0 aliphatic rings. The summed E-state index contributed by atoms with van der Waals surface area (Å²) in [6, 6.07) is 3.00. The fraction of sp³-hybridized carbons (Fsp3) is 0.312. The van der Waals surface area contributed by atoms with Gasteiger partial charge in [-0.2, -0.15) is 5.10 Å². The number of nitrogens with one attached hydrogen (secondary N) is 1. The Morgan fingerprint density at radius 1 is 1.44 bits per heavy atom. The molecule has 134 valence electrons. The molecule has 25 heavy (non-hydrogen) atoms. The maximum atomic E-state index is 11.4. The molecular weight excluding hydrogens is 366 g/mol. The molecule has 0 atom stereocenters. The minimum absolute atomic E-state index is 0.0273. The Hall–Kier alpha value is -2.32. The van der Waals surface area contributed by atoms with E-state index in [1.54, 1.807) is 18.4 Å². The molecule has 2 aromatic rings. The Labute approximate surface area is 154 Å². The van der Waals surface area contributed by atoms with Crippen molar-refractivity contribution in [3.8, 4) is 11.5 Å². The molecule has 0 unspecified atom stereocenters. The van der Waals surface area contributed by atoms with Crippen LogP contribution in [0.3, 0.4) is 0 Å². The number of ether oxygens (including phenoxy) is 2. The minimum atomic E-state index is -0.317. The molecule has 0 aliphatic heterocycles. The number of esters is 1. The van der Waals surface area contributed by atoms with E-state index < -0.39 is 0 Å². The number of halogens is 1. The lowest BCUT2D eigenvalue weighted by Crippen LogP contribution is -2.07. The van der Waals surface area contributed by atoms with Crippen LogP contribution in [0.2, 0.25) is 5.02 Å². The summed E-state index contributed by atoms with van der Waals surface area (Å²) in [6.45, 7) is 4.34. The first-order chi connectivity index (χ1) is 12.0. The van der Waals surface area contributed by atoms with Gasteiger partial charge in [0.1, 0.15) is 0 Å². The van der Waals surface area contributed by atoms with Crippen molar-refractivity contribution in [1.82, 2.24) is 4.98 Å². The third kappa shape index (κ3) is 5.61. The fourth-order valence-electron chi connectivity index (χ4n) is 1.89. The Bertz CT molecular complexity index is 764. The fourth-order valence-corrected chi connectivity index (χ4v) is 2.75. The molecule has 7 nitrogen and oxygen atoms in total. The zero-order chi connectivity index (χ0) is 18.2. The van der Waals surface area contributed by atoms with E-state index in [-0.39, 0.29) is 18.1 Å². The van der Waals surface area contributed by atoms with Gasteiger partial charge in [-0.25, -0.2) is 4.98 Å². The summed E-state index contributed by atoms with van der Waals surface area (Å²) in [5.41, 5.74) is 3.97. The van der Waals surface area contributed by atoms with Crippen LogP contribution in [0, 0.1) is 0 Å². The molecule has 0 aliphatic carbocycles. The first-order valence-electron chi connectivity index (χ1n) is 7.57. The maximum Gasteiger partial charge on any atom is 0.311 e. The highest BCUT2D eigenvalue weighted by Crippen LogP contribution is 2.31. The van der Waals surface area contributed by atoms with E-state index in [1.165, 1.54) is 23.6 Å². The van der Waals surface area contributed by atoms with E-state index in [1.807, 2.05) is 6.92 Å². The second kappa shape index (κ2) is 9.24. The number of hydrogen-bond acceptors (Lipinski definition) is 8. The standard InChI is InChI=1S/C16H18ClN3O4S/c1-3-23-14-5-10(12(17)7-13(14)21)8-18-20-16-19-11(9-25-16)6-15(22)24-4-2/h5,7-9,21H,3-4,6H2,1-2H3,(H,19,20). The van der Waals surface area contributed by atoms with Crippen LogP contribution in [-0.2, 0) is 16.0 Å². The summed E-state index contributed by atoms with van der Waals surface area (Å²) in [5.74, 6) is -0.0120. The summed E-state index contributed by atoms with van der Waals surface area (Å²) in [6.07, 6.45) is 1.62. The van der Waals surface area contributed by atoms with Gasteiger partial charge in [-0.05, 0) is 19.9 Å². The molecule has 0 radical (unpaired) electrons. The molecule has 1 aromatic carbocycles. The number of aromatic nitrogens is 1. The summed E-state index contributed by atoms with van der Waals surface area (Å²) in [5, 5.41) is 16.5. The first-order valence-corrected chi connectivity index (χ1v) is 8.83. The van der Waals surface area contributed by atoms with E-state index in [0.29, 0.717) is 40.4 Å². The number of thiazole rings is 1. The van der Waals surface area contributed by atoms with E-state index in [2.05, 4.69) is 15.5 Å². The maximum absolute atomic E-state index is 11.4. The summed E-state index contributed by atoms with van der Waals surface area (Å²) >= 11 is 7.40. The van der Waals surface area contributed by atoms with Crippen molar-refractivity contribution >= 4 is 40.3 Å². The number of hydrogen-bond donors (Lipinski definition) is 2. The van der Waals surface area contributed by atoms with E-state index in [9.17, 15) is 9.90 Å². The molecule has 0 amide bonds. The molecule has 9 heteroatoms. The number of phenols is 1. The second-order valence-corrected chi connectivity index (χ2v) is 6.04. The highest BCUT2D eigenvalue weighted by atomic mass is 35.5. The average molecular weight is 384 g/mol. The second-order valence-electron chi connectivity index (χ2n) is 4.77. The lowest BCUT2D eigenvalue weighted by Gasteiger charge is -2.07. The van der Waals surface area contributed by atoms with Crippen molar-refractivity contribution in [2.45, 2.75) is 20.3 Å². The van der Waals surface area contributed by atoms with Gasteiger partial charge in [0.05, 0.1) is 36.6 Å². The third-order valence-electron chi connectivity index (χ3n) is 2.92. The highest BCUT2D eigenvalue weighted by molar-refractivity contribution is 7.13. The van der Waals surface area contributed by atoms with Gasteiger partial charge in [-0.3, -0.25) is 10.2 Å². The van der Waals surface area contributed by atoms with Crippen molar-refractivity contribution in [2.75, 3.05) is 18.6 Å². The normalized spacial score (nSPS) is 10.8. The van der Waals surface area contributed by atoms with Crippen molar-refractivity contribution < 1.29 is 19.4 Å². The van der Waals surface area contributed by atoms with Crippen LogP contribution in [0.4, 0.5) is 5.13 Å². The number of carbonyl (C=O) groups excluding carboxylic acids is 1. The van der Waals surface area contributed by atoms with Gasteiger partial charge in [-0.15, -0.1) is 11.3 Å².